The average Bonchev–Trinajstić information content (AvgIpc) is 3.71. The van der Waals surface area contributed by atoms with E-state index in [1.165, 1.54) is 0 Å². The molecule has 194 valence electrons. The number of ether oxygens (including phenoxy) is 1. The number of hydrogen-bond donors (Lipinski definition) is 2. The van der Waals surface area contributed by atoms with Crippen LogP contribution in [0.3, 0.4) is 0 Å². The summed E-state index contributed by atoms with van der Waals surface area (Å²) in [4.78, 5) is 29.6. The molecule has 0 heterocycles. The lowest BCUT2D eigenvalue weighted by Gasteiger charge is -2.26. The summed E-state index contributed by atoms with van der Waals surface area (Å²) < 4.78 is 8.52. The molecule has 1 unspecified atom stereocenters. The van der Waals surface area contributed by atoms with Gasteiger partial charge >= 0.3 is 5.97 Å². The maximum atomic E-state index is 12.8. The number of likely N-dealkylation sites (N-methyl/N-ethyl adjacent to an activating group) is 1. The SMILES string of the molecule is CCC(C)OC(=O)CCCN(SC)c1cc(N)c(C(=Nc2ccc(Br)cc2)C(=O)NC)cc1C1CC1. The molecule has 7 nitrogen and oxygen atoms in total. The van der Waals surface area contributed by atoms with Crippen molar-refractivity contribution in [3.63, 3.8) is 0 Å². The van der Waals surface area contributed by atoms with E-state index in [9.17, 15) is 9.59 Å². The highest BCUT2D eigenvalue weighted by Gasteiger charge is 2.30. The molecule has 0 saturated heterocycles. The molecule has 9 heteroatoms. The van der Waals surface area contributed by atoms with Gasteiger partial charge in [-0.2, -0.15) is 0 Å². The van der Waals surface area contributed by atoms with Gasteiger partial charge in [0.05, 0.1) is 17.5 Å². The number of amides is 1. The maximum Gasteiger partial charge on any atom is 0.306 e. The number of nitrogens with one attached hydrogen (secondary N) is 1. The first kappa shape index (κ1) is 28.1. The number of carbonyl (C=O) groups is 2. The molecule has 36 heavy (non-hydrogen) atoms. The quantitative estimate of drug-likeness (QED) is 0.140. The van der Waals surface area contributed by atoms with E-state index in [4.69, 9.17) is 10.5 Å². The maximum absolute atomic E-state index is 12.8. The third-order valence-electron chi connectivity index (χ3n) is 6.12. The standard InChI is InChI=1S/C27H35BrN4O3S/c1-5-17(2)35-25(33)7-6-14-32(36-4)24-16-23(29)22(15-21(24)18-8-9-18)26(27(34)30-3)31-20-12-10-19(28)11-13-20/h10-13,15-18H,5-9,14,29H2,1-4H3,(H,30,34). The third kappa shape index (κ3) is 7.49. The van der Waals surface area contributed by atoms with Crippen LogP contribution < -0.4 is 15.4 Å². The lowest BCUT2D eigenvalue weighted by molar-refractivity contribution is -0.148. The Bertz CT molecular complexity index is 1100. The van der Waals surface area contributed by atoms with E-state index in [0.717, 1.165) is 35.0 Å². The van der Waals surface area contributed by atoms with E-state index in [1.54, 1.807) is 19.0 Å². The van der Waals surface area contributed by atoms with E-state index >= 15 is 0 Å². The molecule has 0 bridgehead atoms. The summed E-state index contributed by atoms with van der Waals surface area (Å²) >= 11 is 5.03. The van der Waals surface area contributed by atoms with Gasteiger partial charge in [0, 0.05) is 42.0 Å². The first-order chi connectivity index (χ1) is 17.3. The summed E-state index contributed by atoms with van der Waals surface area (Å²) in [5, 5.41) is 2.70. The number of halogens is 1. The Kier molecular flexibility index (Phi) is 10.2. The molecular weight excluding hydrogens is 540 g/mol. The van der Waals surface area contributed by atoms with Gasteiger partial charge in [-0.15, -0.1) is 0 Å². The van der Waals surface area contributed by atoms with Crippen molar-refractivity contribution in [1.29, 1.82) is 0 Å². The fraction of sp³-hybridized carbons (Fsp3) is 0.444. The molecule has 0 aliphatic heterocycles. The largest absolute Gasteiger partial charge is 0.463 e. The van der Waals surface area contributed by atoms with Crippen molar-refractivity contribution in [2.45, 2.75) is 58.0 Å². The molecule has 1 amide bonds. The normalized spacial score (nSPS) is 14.3. The van der Waals surface area contributed by atoms with Crippen molar-refractivity contribution in [3.8, 4) is 0 Å². The Balaban J connectivity index is 1.90. The summed E-state index contributed by atoms with van der Waals surface area (Å²) in [6.07, 6.45) is 6.00. The zero-order chi connectivity index (χ0) is 26.2. The molecule has 3 rings (SSSR count). The zero-order valence-corrected chi connectivity index (χ0v) is 23.7. The van der Waals surface area contributed by atoms with Crippen LogP contribution in [0, 0.1) is 0 Å². The number of hydrogen-bond acceptors (Lipinski definition) is 7. The Hall–Kier alpha value is -2.52. The Labute approximate surface area is 226 Å². The summed E-state index contributed by atoms with van der Waals surface area (Å²) in [6, 6.07) is 11.4. The van der Waals surface area contributed by atoms with Gasteiger partial charge in [0.2, 0.25) is 0 Å². The number of esters is 1. The van der Waals surface area contributed by atoms with Crippen LogP contribution in [0.1, 0.15) is 63.0 Å². The molecule has 2 aromatic rings. The molecule has 1 aliphatic rings. The Morgan fingerprint density at radius 3 is 2.56 bits per heavy atom. The molecule has 0 spiro atoms. The predicted molar refractivity (Wildman–Crippen MR) is 153 cm³/mol. The highest BCUT2D eigenvalue weighted by molar-refractivity contribution is 9.10. The number of aliphatic imine (C=N–C) groups is 1. The van der Waals surface area contributed by atoms with Gasteiger partial charge in [0.15, 0.2) is 0 Å². The van der Waals surface area contributed by atoms with Crippen LogP contribution in [0.2, 0.25) is 0 Å². The number of anilines is 2. The van der Waals surface area contributed by atoms with Crippen LogP contribution in [0.15, 0.2) is 45.9 Å². The van der Waals surface area contributed by atoms with Crippen molar-refractivity contribution in [2.75, 3.05) is 29.9 Å². The average molecular weight is 576 g/mol. The molecule has 1 aliphatic carbocycles. The van der Waals surface area contributed by atoms with E-state index in [2.05, 4.69) is 30.5 Å². The van der Waals surface area contributed by atoms with Crippen LogP contribution in [-0.4, -0.2) is 43.5 Å². The van der Waals surface area contributed by atoms with E-state index in [1.807, 2.05) is 56.5 Å². The van der Waals surface area contributed by atoms with E-state index in [-0.39, 0.29) is 23.7 Å². The minimum absolute atomic E-state index is 0.0587. The van der Waals surface area contributed by atoms with Crippen molar-refractivity contribution >= 4 is 62.5 Å². The summed E-state index contributed by atoms with van der Waals surface area (Å²) in [7, 11) is 1.59. The third-order valence-corrected chi connectivity index (χ3v) is 7.47. The number of nitrogen functional groups attached to an aromatic ring is 1. The number of rotatable bonds is 12. The zero-order valence-electron chi connectivity index (χ0n) is 21.3. The van der Waals surface area contributed by atoms with Crippen molar-refractivity contribution in [1.82, 2.24) is 5.32 Å². The molecular formula is C27H35BrN4O3S. The van der Waals surface area contributed by atoms with Crippen LogP contribution >= 0.6 is 27.9 Å². The van der Waals surface area contributed by atoms with Crippen LogP contribution in [0.25, 0.3) is 0 Å². The molecule has 2 aromatic carbocycles. The minimum atomic E-state index is -0.291. The number of nitrogens with two attached hydrogens (primary N) is 1. The van der Waals surface area contributed by atoms with E-state index in [0.29, 0.717) is 42.2 Å². The fourth-order valence-electron chi connectivity index (χ4n) is 3.80. The molecule has 3 N–H and O–H groups in total. The van der Waals surface area contributed by atoms with Gasteiger partial charge in [-0.25, -0.2) is 4.99 Å². The van der Waals surface area contributed by atoms with Gasteiger partial charge in [-0.3, -0.25) is 9.59 Å². The van der Waals surface area contributed by atoms with Gasteiger partial charge in [0.1, 0.15) is 5.71 Å². The second-order valence-electron chi connectivity index (χ2n) is 8.89. The van der Waals surface area contributed by atoms with E-state index < -0.39 is 0 Å². The number of carbonyl (C=O) groups excluding carboxylic acids is 2. The van der Waals surface area contributed by atoms with Crippen LogP contribution in [0.5, 0.6) is 0 Å². The fourth-order valence-corrected chi connectivity index (χ4v) is 4.73. The van der Waals surface area contributed by atoms with Crippen molar-refractivity contribution in [2.24, 2.45) is 4.99 Å². The molecule has 1 saturated carbocycles. The molecule has 0 radical (unpaired) electrons. The summed E-state index contributed by atoms with van der Waals surface area (Å²) in [5.74, 6) is -0.0364. The molecule has 1 fully saturated rings. The predicted octanol–water partition coefficient (Wildman–Crippen LogP) is 5.98. The van der Waals surface area contributed by atoms with Gasteiger partial charge in [-0.05, 0) is 80.5 Å². The van der Waals surface area contributed by atoms with Crippen molar-refractivity contribution in [3.05, 3.63) is 52.0 Å². The Morgan fingerprint density at radius 2 is 1.97 bits per heavy atom. The lowest BCUT2D eigenvalue weighted by Crippen LogP contribution is -2.29. The number of nitrogens with zero attached hydrogens (tertiary/aromatic N) is 2. The topological polar surface area (TPSA) is 97.0 Å². The van der Waals surface area contributed by atoms with Gasteiger partial charge < -0.3 is 20.1 Å². The second-order valence-corrected chi connectivity index (χ2v) is 10.6. The lowest BCUT2D eigenvalue weighted by atomic mass is 9.98. The Morgan fingerprint density at radius 1 is 1.28 bits per heavy atom. The monoisotopic (exact) mass is 574 g/mol. The molecule has 1 atom stereocenters. The summed E-state index contributed by atoms with van der Waals surface area (Å²) in [5.41, 5.74) is 10.8. The smallest absolute Gasteiger partial charge is 0.306 e. The van der Waals surface area contributed by atoms with Crippen LogP contribution in [0.4, 0.5) is 17.1 Å². The molecule has 0 aromatic heterocycles. The highest BCUT2D eigenvalue weighted by Crippen LogP contribution is 2.47. The second kappa shape index (κ2) is 13.1. The van der Waals surface area contributed by atoms with Crippen LogP contribution in [-0.2, 0) is 14.3 Å². The van der Waals surface area contributed by atoms with Gasteiger partial charge in [-0.1, -0.05) is 34.8 Å². The van der Waals surface area contributed by atoms with Gasteiger partial charge in [0.25, 0.3) is 5.91 Å². The minimum Gasteiger partial charge on any atom is -0.463 e. The number of benzene rings is 2. The first-order valence-corrected chi connectivity index (χ1v) is 14.3. The summed E-state index contributed by atoms with van der Waals surface area (Å²) in [6.45, 7) is 4.59. The van der Waals surface area contributed by atoms with Crippen molar-refractivity contribution < 1.29 is 14.3 Å². The highest BCUT2D eigenvalue weighted by atomic mass is 79.9. The first-order valence-electron chi connectivity index (χ1n) is 12.3.